The van der Waals surface area contributed by atoms with Crippen LogP contribution in [0.25, 0.3) is 0 Å². The van der Waals surface area contributed by atoms with Crippen LogP contribution in [0.15, 0.2) is 72.4 Å². The number of carbonyl (C=O) groups excluding carboxylic acids is 4. The van der Waals surface area contributed by atoms with Crippen LogP contribution in [0, 0.1) is 0 Å². The number of nitrogens with zero attached hydrogens (tertiary/aromatic N) is 1. The van der Waals surface area contributed by atoms with Crippen molar-refractivity contribution in [2.45, 2.75) is 33.5 Å². The van der Waals surface area contributed by atoms with E-state index in [9.17, 15) is 19.2 Å². The largest absolute Gasteiger partial charge is 0.460 e. The standard InChI is InChI=1S/C14H17NO3.C11H12O3/c1-11(16)13(9-15(2)3)14(17)18-10-12-7-5-4-6-8-12;1-9(12)7-11(13)14-8-10-5-3-2-4-6-10/h4-9H,10H2,1-3H3;2-6H,7-8H2,1H3. The summed E-state index contributed by atoms with van der Waals surface area (Å²) in [5.74, 6) is -1.55. The Kier molecular flexibility index (Phi) is 11.7. The Balaban J connectivity index is 0.000000330. The molecule has 0 aliphatic heterocycles. The molecule has 0 saturated heterocycles. The molecule has 0 radical (unpaired) electrons. The van der Waals surface area contributed by atoms with E-state index in [1.54, 1.807) is 19.0 Å². The molecule has 7 nitrogen and oxygen atoms in total. The van der Waals surface area contributed by atoms with E-state index in [1.165, 1.54) is 20.0 Å². The van der Waals surface area contributed by atoms with E-state index in [1.807, 2.05) is 60.7 Å². The Bertz CT molecular complexity index is 920. The van der Waals surface area contributed by atoms with Gasteiger partial charge in [-0.2, -0.15) is 0 Å². The first-order valence-corrected chi connectivity index (χ1v) is 9.98. The number of ether oxygens (including phenoxy) is 2. The van der Waals surface area contributed by atoms with Gasteiger partial charge in [0.25, 0.3) is 0 Å². The van der Waals surface area contributed by atoms with Crippen LogP contribution in [0.4, 0.5) is 0 Å². The Morgan fingerprint density at radius 1 is 0.781 bits per heavy atom. The highest BCUT2D eigenvalue weighted by Crippen LogP contribution is 2.06. The summed E-state index contributed by atoms with van der Waals surface area (Å²) in [6, 6.07) is 18.7. The monoisotopic (exact) mass is 439 g/mol. The van der Waals surface area contributed by atoms with Crippen molar-refractivity contribution in [1.29, 1.82) is 0 Å². The normalized spacial score (nSPS) is 10.3. The van der Waals surface area contributed by atoms with E-state index in [-0.39, 0.29) is 36.8 Å². The molecule has 0 N–H and O–H groups in total. The molecule has 170 valence electrons. The van der Waals surface area contributed by atoms with E-state index >= 15 is 0 Å². The molecule has 2 aromatic carbocycles. The summed E-state index contributed by atoms with van der Waals surface area (Å²) < 4.78 is 9.98. The van der Waals surface area contributed by atoms with Crippen LogP contribution in [-0.4, -0.2) is 42.5 Å². The van der Waals surface area contributed by atoms with Crippen molar-refractivity contribution in [2.75, 3.05) is 14.1 Å². The van der Waals surface area contributed by atoms with Crippen molar-refractivity contribution >= 4 is 23.5 Å². The molecule has 32 heavy (non-hydrogen) atoms. The molecule has 2 rings (SSSR count). The van der Waals surface area contributed by atoms with Gasteiger partial charge in [-0.3, -0.25) is 14.4 Å². The molecular weight excluding hydrogens is 410 g/mol. The van der Waals surface area contributed by atoms with E-state index in [4.69, 9.17) is 9.47 Å². The van der Waals surface area contributed by atoms with Gasteiger partial charge in [0.15, 0.2) is 5.78 Å². The minimum absolute atomic E-state index is 0.0518. The number of hydrogen-bond donors (Lipinski definition) is 0. The second-order valence-electron chi connectivity index (χ2n) is 7.15. The molecule has 0 bridgehead atoms. The number of hydrogen-bond acceptors (Lipinski definition) is 7. The summed E-state index contributed by atoms with van der Waals surface area (Å²) >= 11 is 0. The molecule has 0 unspecified atom stereocenters. The quantitative estimate of drug-likeness (QED) is 0.256. The maximum atomic E-state index is 11.8. The summed E-state index contributed by atoms with van der Waals surface area (Å²) in [5, 5.41) is 0. The molecule has 2 aromatic rings. The summed E-state index contributed by atoms with van der Waals surface area (Å²) in [7, 11) is 3.49. The van der Waals surface area contributed by atoms with Gasteiger partial charge in [-0.25, -0.2) is 4.79 Å². The van der Waals surface area contributed by atoms with Crippen LogP contribution in [-0.2, 0) is 41.9 Å². The first kappa shape index (κ1) is 26.3. The third-order valence-electron chi connectivity index (χ3n) is 3.84. The molecule has 0 atom stereocenters. The van der Waals surface area contributed by atoms with Crippen molar-refractivity contribution < 1.29 is 28.7 Å². The smallest absolute Gasteiger partial charge is 0.343 e. The lowest BCUT2D eigenvalue weighted by atomic mass is 10.2. The summed E-state index contributed by atoms with van der Waals surface area (Å²) in [6.07, 6.45) is 1.32. The lowest BCUT2D eigenvalue weighted by Crippen LogP contribution is -2.17. The minimum Gasteiger partial charge on any atom is -0.460 e. The predicted octanol–water partition coefficient (Wildman–Crippen LogP) is 3.47. The fraction of sp³-hybridized carbons (Fsp3) is 0.280. The fourth-order valence-corrected chi connectivity index (χ4v) is 2.34. The van der Waals surface area contributed by atoms with Crippen molar-refractivity contribution in [3.8, 4) is 0 Å². The molecule has 0 fully saturated rings. The Morgan fingerprint density at radius 3 is 1.66 bits per heavy atom. The van der Waals surface area contributed by atoms with Gasteiger partial charge in [-0.15, -0.1) is 0 Å². The van der Waals surface area contributed by atoms with E-state index < -0.39 is 11.9 Å². The first-order valence-electron chi connectivity index (χ1n) is 9.98. The number of esters is 2. The zero-order chi connectivity index (χ0) is 23.9. The van der Waals surface area contributed by atoms with E-state index in [2.05, 4.69) is 0 Å². The lowest BCUT2D eigenvalue weighted by Gasteiger charge is -2.09. The van der Waals surface area contributed by atoms with Gasteiger partial charge in [0.2, 0.25) is 0 Å². The van der Waals surface area contributed by atoms with Crippen molar-refractivity contribution in [3.63, 3.8) is 0 Å². The maximum Gasteiger partial charge on any atom is 0.343 e. The Labute approximate surface area is 188 Å². The molecule has 0 amide bonds. The first-order chi connectivity index (χ1) is 15.2. The van der Waals surface area contributed by atoms with Crippen LogP contribution in [0.1, 0.15) is 31.4 Å². The fourth-order valence-electron chi connectivity index (χ4n) is 2.34. The zero-order valence-corrected chi connectivity index (χ0v) is 18.9. The molecule has 0 spiro atoms. The van der Waals surface area contributed by atoms with Crippen LogP contribution < -0.4 is 0 Å². The number of carbonyl (C=O) groups is 4. The highest BCUT2D eigenvalue weighted by Gasteiger charge is 2.16. The SMILES string of the molecule is CC(=O)C(=CN(C)C)C(=O)OCc1ccccc1.CC(=O)CC(=O)OCc1ccccc1. The molecular formula is C25H29NO6. The number of ketones is 2. The second-order valence-corrected chi connectivity index (χ2v) is 7.15. The Morgan fingerprint density at radius 2 is 1.25 bits per heavy atom. The number of rotatable bonds is 9. The average molecular weight is 440 g/mol. The third-order valence-corrected chi connectivity index (χ3v) is 3.84. The van der Waals surface area contributed by atoms with Gasteiger partial charge >= 0.3 is 11.9 Å². The molecule has 0 aliphatic rings. The molecule has 0 aliphatic carbocycles. The topological polar surface area (TPSA) is 90.0 Å². The molecule has 7 heteroatoms. The summed E-state index contributed by atoms with van der Waals surface area (Å²) in [6.45, 7) is 3.10. The van der Waals surface area contributed by atoms with Gasteiger partial charge in [0.05, 0.1) is 0 Å². The zero-order valence-electron chi connectivity index (χ0n) is 18.9. The number of Topliss-reactive ketones (excluding diaryl/α,β-unsaturated/α-hetero) is 2. The van der Waals surface area contributed by atoms with Gasteiger partial charge in [0.1, 0.15) is 31.0 Å². The van der Waals surface area contributed by atoms with Crippen molar-refractivity contribution in [3.05, 3.63) is 83.6 Å². The summed E-state index contributed by atoms with van der Waals surface area (Å²) in [4.78, 5) is 46.3. The van der Waals surface area contributed by atoms with Crippen LogP contribution in [0.3, 0.4) is 0 Å². The maximum absolute atomic E-state index is 11.8. The highest BCUT2D eigenvalue weighted by atomic mass is 16.5. The minimum atomic E-state index is -0.597. The second kappa shape index (κ2) is 14.3. The average Bonchev–Trinajstić information content (AvgIpc) is 2.75. The number of benzene rings is 2. The van der Waals surface area contributed by atoms with Crippen LogP contribution in [0.2, 0.25) is 0 Å². The van der Waals surface area contributed by atoms with Crippen molar-refractivity contribution in [2.24, 2.45) is 0 Å². The van der Waals surface area contributed by atoms with Crippen LogP contribution in [0.5, 0.6) is 0 Å². The third kappa shape index (κ3) is 11.4. The van der Waals surface area contributed by atoms with Crippen LogP contribution >= 0.6 is 0 Å². The van der Waals surface area contributed by atoms with Gasteiger partial charge < -0.3 is 14.4 Å². The van der Waals surface area contributed by atoms with Crippen molar-refractivity contribution in [1.82, 2.24) is 4.90 Å². The van der Waals surface area contributed by atoms with Gasteiger partial charge in [-0.05, 0) is 25.0 Å². The summed E-state index contributed by atoms with van der Waals surface area (Å²) in [5.41, 5.74) is 1.86. The molecule has 0 heterocycles. The van der Waals surface area contributed by atoms with E-state index in [0.29, 0.717) is 0 Å². The Hall–Kier alpha value is -3.74. The van der Waals surface area contributed by atoms with E-state index in [0.717, 1.165) is 11.1 Å². The predicted molar refractivity (Wildman–Crippen MR) is 120 cm³/mol. The van der Waals surface area contributed by atoms with Gasteiger partial charge in [-0.1, -0.05) is 60.7 Å². The highest BCUT2D eigenvalue weighted by molar-refractivity contribution is 6.16. The lowest BCUT2D eigenvalue weighted by molar-refractivity contribution is -0.147. The molecule has 0 saturated carbocycles. The van der Waals surface area contributed by atoms with Gasteiger partial charge in [0, 0.05) is 20.3 Å². The molecule has 0 aromatic heterocycles.